The van der Waals surface area contributed by atoms with Gasteiger partial charge >= 0.3 is 5.97 Å². The van der Waals surface area contributed by atoms with Gasteiger partial charge in [0.1, 0.15) is 0 Å². The van der Waals surface area contributed by atoms with Crippen molar-refractivity contribution in [2.24, 2.45) is 17.8 Å². The molecule has 0 aliphatic heterocycles. The lowest BCUT2D eigenvalue weighted by atomic mass is 10.0. The first-order valence-electron chi connectivity index (χ1n) is 7.74. The molecule has 0 radical (unpaired) electrons. The summed E-state index contributed by atoms with van der Waals surface area (Å²) < 4.78 is 0. The summed E-state index contributed by atoms with van der Waals surface area (Å²) in [6, 6.07) is 9.75. The fraction of sp³-hybridized carbons (Fsp3) is 0.529. The summed E-state index contributed by atoms with van der Waals surface area (Å²) in [5.74, 6) is -0.524. The topological polar surface area (TPSA) is 57.6 Å². The Morgan fingerprint density at radius 1 is 1.05 bits per heavy atom. The van der Waals surface area contributed by atoms with E-state index >= 15 is 0 Å². The zero-order chi connectivity index (χ0) is 14.8. The highest BCUT2D eigenvalue weighted by molar-refractivity contribution is 5.95. The van der Waals surface area contributed by atoms with Crippen LogP contribution < -0.4 is 4.90 Å². The Labute approximate surface area is 124 Å². The fourth-order valence-corrected chi connectivity index (χ4v) is 3.14. The number of hydrogen-bond donors (Lipinski definition) is 1. The summed E-state index contributed by atoms with van der Waals surface area (Å²) in [7, 11) is 0. The lowest BCUT2D eigenvalue weighted by Gasteiger charge is -2.26. The van der Waals surface area contributed by atoms with Crippen LogP contribution in [0.25, 0.3) is 0 Å². The van der Waals surface area contributed by atoms with E-state index in [1.807, 2.05) is 35.2 Å². The Hall–Kier alpha value is -1.84. The lowest BCUT2D eigenvalue weighted by Crippen LogP contribution is -2.37. The van der Waals surface area contributed by atoms with Crippen molar-refractivity contribution in [1.82, 2.24) is 0 Å². The van der Waals surface area contributed by atoms with E-state index in [0.717, 1.165) is 12.2 Å². The zero-order valence-corrected chi connectivity index (χ0v) is 12.1. The predicted octanol–water partition coefficient (Wildman–Crippen LogP) is 2.93. The molecule has 4 nitrogen and oxygen atoms in total. The molecule has 0 bridgehead atoms. The Balaban J connectivity index is 1.73. The van der Waals surface area contributed by atoms with Gasteiger partial charge in [-0.25, -0.2) is 0 Å². The molecule has 3 rings (SSSR count). The van der Waals surface area contributed by atoms with E-state index in [-0.39, 0.29) is 17.7 Å². The third kappa shape index (κ3) is 3.26. The molecular formula is C17H21NO3. The quantitative estimate of drug-likeness (QED) is 0.906. The lowest BCUT2D eigenvalue weighted by molar-refractivity contribution is -0.141. The van der Waals surface area contributed by atoms with Crippen molar-refractivity contribution in [3.8, 4) is 0 Å². The first kappa shape index (κ1) is 14.1. The third-order valence-corrected chi connectivity index (χ3v) is 4.60. The van der Waals surface area contributed by atoms with Crippen LogP contribution in [0.1, 0.15) is 32.1 Å². The van der Waals surface area contributed by atoms with Gasteiger partial charge in [-0.2, -0.15) is 0 Å². The molecule has 2 saturated carbocycles. The first-order chi connectivity index (χ1) is 10.1. The van der Waals surface area contributed by atoms with Crippen molar-refractivity contribution in [3.63, 3.8) is 0 Å². The maximum Gasteiger partial charge on any atom is 0.306 e. The van der Waals surface area contributed by atoms with Crippen molar-refractivity contribution in [2.45, 2.75) is 32.1 Å². The van der Waals surface area contributed by atoms with E-state index in [9.17, 15) is 9.59 Å². The number of para-hydroxylation sites is 1. The smallest absolute Gasteiger partial charge is 0.306 e. The van der Waals surface area contributed by atoms with Crippen molar-refractivity contribution < 1.29 is 14.7 Å². The van der Waals surface area contributed by atoms with Crippen LogP contribution in [0.4, 0.5) is 5.69 Å². The number of carboxylic acids is 1. The maximum absolute atomic E-state index is 12.8. The summed E-state index contributed by atoms with van der Waals surface area (Å²) in [5, 5.41) is 9.10. The molecule has 2 aliphatic carbocycles. The molecule has 1 amide bonds. The third-order valence-electron chi connectivity index (χ3n) is 4.60. The van der Waals surface area contributed by atoms with Crippen LogP contribution in [0, 0.1) is 17.8 Å². The van der Waals surface area contributed by atoms with E-state index < -0.39 is 5.97 Å². The van der Waals surface area contributed by atoms with Gasteiger partial charge in [-0.05, 0) is 50.2 Å². The minimum Gasteiger partial charge on any atom is -0.481 e. The summed E-state index contributed by atoms with van der Waals surface area (Å²) in [6.07, 6.45) is 4.20. The van der Waals surface area contributed by atoms with Crippen molar-refractivity contribution >= 4 is 17.6 Å². The molecule has 112 valence electrons. The number of amides is 1. The Morgan fingerprint density at radius 3 is 2.29 bits per heavy atom. The molecule has 2 aliphatic rings. The summed E-state index contributed by atoms with van der Waals surface area (Å²) in [4.78, 5) is 25.8. The van der Waals surface area contributed by atoms with Gasteiger partial charge in [0.15, 0.2) is 0 Å². The molecule has 0 unspecified atom stereocenters. The van der Waals surface area contributed by atoms with Gasteiger partial charge in [-0.3, -0.25) is 9.59 Å². The average molecular weight is 287 g/mol. The highest BCUT2D eigenvalue weighted by Gasteiger charge is 2.37. The second-order valence-electron chi connectivity index (χ2n) is 6.27. The van der Waals surface area contributed by atoms with Crippen molar-refractivity contribution in [1.29, 1.82) is 0 Å². The highest BCUT2D eigenvalue weighted by atomic mass is 16.4. The average Bonchev–Trinajstić information content (AvgIpc) is 3.17. The Morgan fingerprint density at radius 2 is 1.71 bits per heavy atom. The van der Waals surface area contributed by atoms with Crippen LogP contribution in [0.5, 0.6) is 0 Å². The maximum atomic E-state index is 12.8. The molecule has 1 aromatic rings. The molecule has 21 heavy (non-hydrogen) atoms. The molecule has 0 saturated heterocycles. The standard InChI is InChI=1S/C17H21NO3/c19-16(13-8-9-14(10-13)17(20)21)18(11-12-6-7-12)15-4-2-1-3-5-15/h1-5,12-14H,6-11H2,(H,20,21)/t13-,14+/m0/s1. The molecule has 0 aromatic heterocycles. The largest absolute Gasteiger partial charge is 0.481 e. The highest BCUT2D eigenvalue weighted by Crippen LogP contribution is 2.36. The number of carboxylic acid groups (broad SMARTS) is 1. The second-order valence-corrected chi connectivity index (χ2v) is 6.27. The van der Waals surface area contributed by atoms with Gasteiger partial charge in [-0.15, -0.1) is 0 Å². The summed E-state index contributed by atoms with van der Waals surface area (Å²) in [6.45, 7) is 0.775. The Kier molecular flexibility index (Phi) is 3.95. The van der Waals surface area contributed by atoms with E-state index in [4.69, 9.17) is 5.11 Å². The van der Waals surface area contributed by atoms with Crippen molar-refractivity contribution in [2.75, 3.05) is 11.4 Å². The SMILES string of the molecule is O=C(O)[C@@H]1CC[C@H](C(=O)N(CC2CC2)c2ccccc2)C1. The van der Waals surface area contributed by atoms with Crippen LogP contribution in [-0.4, -0.2) is 23.5 Å². The van der Waals surface area contributed by atoms with Gasteiger partial charge in [-0.1, -0.05) is 18.2 Å². The Bertz CT molecular complexity index is 524. The van der Waals surface area contributed by atoms with Gasteiger partial charge in [0, 0.05) is 18.2 Å². The van der Waals surface area contributed by atoms with Gasteiger partial charge in [0.25, 0.3) is 0 Å². The number of anilines is 1. The number of carbonyl (C=O) groups excluding carboxylic acids is 1. The van der Waals surface area contributed by atoms with Crippen LogP contribution in [0.3, 0.4) is 0 Å². The van der Waals surface area contributed by atoms with Crippen LogP contribution in [-0.2, 0) is 9.59 Å². The number of nitrogens with zero attached hydrogens (tertiary/aromatic N) is 1. The van der Waals surface area contributed by atoms with Gasteiger partial charge in [0.05, 0.1) is 5.92 Å². The fourth-order valence-electron chi connectivity index (χ4n) is 3.14. The van der Waals surface area contributed by atoms with E-state index in [1.54, 1.807) is 0 Å². The van der Waals surface area contributed by atoms with E-state index in [1.165, 1.54) is 12.8 Å². The van der Waals surface area contributed by atoms with Crippen LogP contribution in [0.15, 0.2) is 30.3 Å². The van der Waals surface area contributed by atoms with Crippen molar-refractivity contribution in [3.05, 3.63) is 30.3 Å². The monoisotopic (exact) mass is 287 g/mol. The first-order valence-corrected chi connectivity index (χ1v) is 7.74. The number of benzene rings is 1. The molecule has 2 fully saturated rings. The molecule has 1 N–H and O–H groups in total. The number of aliphatic carboxylic acids is 1. The minimum absolute atomic E-state index is 0.108. The van der Waals surface area contributed by atoms with E-state index in [2.05, 4.69) is 0 Å². The summed E-state index contributed by atoms with van der Waals surface area (Å²) in [5.41, 5.74) is 0.938. The normalized spacial score (nSPS) is 24.8. The molecule has 1 aromatic carbocycles. The second kappa shape index (κ2) is 5.88. The molecule has 2 atom stereocenters. The molecule has 4 heteroatoms. The molecular weight excluding hydrogens is 266 g/mol. The minimum atomic E-state index is -0.765. The number of carbonyl (C=O) groups is 2. The van der Waals surface area contributed by atoms with Gasteiger partial charge < -0.3 is 10.0 Å². The molecule has 0 spiro atoms. The zero-order valence-electron chi connectivity index (χ0n) is 12.1. The van der Waals surface area contributed by atoms with Crippen LogP contribution in [0.2, 0.25) is 0 Å². The number of rotatable bonds is 5. The number of hydrogen-bond acceptors (Lipinski definition) is 2. The van der Waals surface area contributed by atoms with Crippen LogP contribution >= 0.6 is 0 Å². The molecule has 0 heterocycles. The van der Waals surface area contributed by atoms with Gasteiger partial charge in [0.2, 0.25) is 5.91 Å². The predicted molar refractivity (Wildman–Crippen MR) is 80.0 cm³/mol. The summed E-state index contributed by atoms with van der Waals surface area (Å²) >= 11 is 0. The van der Waals surface area contributed by atoms with E-state index in [0.29, 0.717) is 25.2 Å².